The zero-order valence-corrected chi connectivity index (χ0v) is 6.94. The second-order valence-corrected chi connectivity index (χ2v) is 2.29. The first-order valence-electron chi connectivity index (χ1n) is 3.51. The minimum Gasteiger partial charge on any atom is -0.384 e. The predicted octanol–water partition coefficient (Wildman–Crippen LogP) is 1.71. The highest BCUT2D eigenvalue weighted by Crippen LogP contribution is 2.30. The van der Waals surface area contributed by atoms with Crippen molar-refractivity contribution in [3.63, 3.8) is 0 Å². The van der Waals surface area contributed by atoms with E-state index in [4.69, 9.17) is 10.5 Å². The summed E-state index contributed by atoms with van der Waals surface area (Å²) in [7, 11) is 0. The van der Waals surface area contributed by atoms with Gasteiger partial charge in [-0.2, -0.15) is 0 Å². The highest BCUT2D eigenvalue weighted by Gasteiger charge is 2.07. The van der Waals surface area contributed by atoms with Gasteiger partial charge in [-0.1, -0.05) is 12.1 Å². The van der Waals surface area contributed by atoms with Crippen molar-refractivity contribution < 1.29 is 9.47 Å². The van der Waals surface area contributed by atoms with Crippen molar-refractivity contribution in [3.05, 3.63) is 23.8 Å². The summed E-state index contributed by atoms with van der Waals surface area (Å²) >= 11 is 0. The fourth-order valence-corrected chi connectivity index (χ4v) is 0.932. The second kappa shape index (κ2) is 3.99. The van der Waals surface area contributed by atoms with Crippen LogP contribution in [0, 0.1) is 30.0 Å². The third-order valence-electron chi connectivity index (χ3n) is 1.48. The van der Waals surface area contributed by atoms with Gasteiger partial charge in [-0.15, -0.1) is 10.5 Å². The van der Waals surface area contributed by atoms with Gasteiger partial charge in [-0.05, 0) is 18.6 Å². The van der Waals surface area contributed by atoms with E-state index in [9.17, 15) is 0 Å². The summed E-state index contributed by atoms with van der Waals surface area (Å²) in [6.07, 6.45) is 3.05. The summed E-state index contributed by atoms with van der Waals surface area (Å²) in [4.78, 5) is 0. The average molecular weight is 174 g/mol. The van der Waals surface area contributed by atoms with Crippen LogP contribution >= 0.6 is 0 Å². The summed E-state index contributed by atoms with van der Waals surface area (Å²) in [5, 5.41) is 16.6. The molecule has 0 fully saturated rings. The van der Waals surface area contributed by atoms with E-state index >= 15 is 0 Å². The van der Waals surface area contributed by atoms with Crippen LogP contribution in [0.25, 0.3) is 0 Å². The number of benzene rings is 1. The maximum absolute atomic E-state index is 8.33. The van der Waals surface area contributed by atoms with Gasteiger partial charge in [0, 0.05) is 0 Å². The van der Waals surface area contributed by atoms with Gasteiger partial charge < -0.3 is 9.47 Å². The maximum atomic E-state index is 8.33. The predicted molar refractivity (Wildman–Crippen MR) is 43.7 cm³/mol. The SMILES string of the molecule is Cc1cccc(OC#N)c1OC#N. The molecule has 0 unspecified atom stereocenters. The Morgan fingerprint density at radius 3 is 2.46 bits per heavy atom. The molecule has 0 N–H and O–H groups in total. The van der Waals surface area contributed by atoms with E-state index in [1.165, 1.54) is 12.5 Å². The number of hydrogen-bond acceptors (Lipinski definition) is 4. The molecule has 0 atom stereocenters. The Balaban J connectivity index is 3.12. The largest absolute Gasteiger partial charge is 0.384 e. The number of nitriles is 2. The summed E-state index contributed by atoms with van der Waals surface area (Å²) in [5.41, 5.74) is 0.745. The van der Waals surface area contributed by atoms with Crippen LogP contribution < -0.4 is 9.47 Å². The lowest BCUT2D eigenvalue weighted by Crippen LogP contribution is -1.91. The summed E-state index contributed by atoms with van der Waals surface area (Å²) in [5.74, 6) is 0.538. The van der Waals surface area contributed by atoms with Crippen LogP contribution in [0.2, 0.25) is 0 Å². The van der Waals surface area contributed by atoms with Crippen LogP contribution in [-0.4, -0.2) is 0 Å². The highest BCUT2D eigenvalue weighted by molar-refractivity contribution is 5.46. The molecule has 0 aliphatic heterocycles. The van der Waals surface area contributed by atoms with Crippen molar-refractivity contribution in [1.29, 1.82) is 10.5 Å². The average Bonchev–Trinajstić information content (AvgIpc) is 2.11. The fraction of sp³-hybridized carbons (Fsp3) is 0.111. The molecule has 0 amide bonds. The van der Waals surface area contributed by atoms with Gasteiger partial charge in [0.2, 0.25) is 0 Å². The van der Waals surface area contributed by atoms with E-state index in [1.54, 1.807) is 25.1 Å². The Morgan fingerprint density at radius 1 is 1.15 bits per heavy atom. The smallest absolute Gasteiger partial charge is 0.292 e. The van der Waals surface area contributed by atoms with E-state index in [-0.39, 0.29) is 11.5 Å². The molecule has 0 aliphatic carbocycles. The molecule has 1 rings (SSSR count). The van der Waals surface area contributed by atoms with Gasteiger partial charge in [0.15, 0.2) is 11.5 Å². The third-order valence-corrected chi connectivity index (χ3v) is 1.48. The minimum atomic E-state index is 0.254. The van der Waals surface area contributed by atoms with Crippen LogP contribution in [0.5, 0.6) is 11.5 Å². The normalized spacial score (nSPS) is 8.23. The number of hydrogen-bond donors (Lipinski definition) is 0. The minimum absolute atomic E-state index is 0.254. The summed E-state index contributed by atoms with van der Waals surface area (Å²) in [6, 6.07) is 5.03. The van der Waals surface area contributed by atoms with Crippen LogP contribution in [0.1, 0.15) is 5.56 Å². The summed E-state index contributed by atoms with van der Waals surface area (Å²) in [6.45, 7) is 1.76. The third kappa shape index (κ3) is 1.88. The maximum Gasteiger partial charge on any atom is 0.292 e. The Morgan fingerprint density at radius 2 is 1.85 bits per heavy atom. The molecule has 0 saturated carbocycles. The molecule has 0 radical (unpaired) electrons. The van der Waals surface area contributed by atoms with E-state index < -0.39 is 0 Å². The number of nitrogens with zero attached hydrogens (tertiary/aromatic N) is 2. The molecule has 0 spiro atoms. The lowest BCUT2D eigenvalue weighted by molar-refractivity contribution is 0.438. The molecule has 0 aliphatic rings. The van der Waals surface area contributed by atoms with Gasteiger partial charge in [0.05, 0.1) is 0 Å². The number of aryl methyl sites for hydroxylation is 1. The molecular formula is C9H6N2O2. The molecule has 0 bridgehead atoms. The molecule has 64 valence electrons. The van der Waals surface area contributed by atoms with Gasteiger partial charge in [-0.3, -0.25) is 0 Å². The van der Waals surface area contributed by atoms with Crippen molar-refractivity contribution in [2.24, 2.45) is 0 Å². The molecule has 1 aromatic rings. The topological polar surface area (TPSA) is 66.0 Å². The van der Waals surface area contributed by atoms with Crippen LogP contribution in [0.3, 0.4) is 0 Å². The fourth-order valence-electron chi connectivity index (χ4n) is 0.932. The van der Waals surface area contributed by atoms with E-state index in [0.29, 0.717) is 0 Å². The van der Waals surface area contributed by atoms with Crippen LogP contribution in [0.15, 0.2) is 18.2 Å². The second-order valence-electron chi connectivity index (χ2n) is 2.29. The van der Waals surface area contributed by atoms with Gasteiger partial charge in [0.25, 0.3) is 12.5 Å². The van der Waals surface area contributed by atoms with Crippen molar-refractivity contribution in [1.82, 2.24) is 0 Å². The van der Waals surface area contributed by atoms with Crippen molar-refractivity contribution in [2.45, 2.75) is 6.92 Å². The Hall–Kier alpha value is -2.20. The Bertz CT molecular complexity index is 388. The molecule has 4 heteroatoms. The van der Waals surface area contributed by atoms with E-state index in [0.717, 1.165) is 5.56 Å². The molecule has 0 saturated heterocycles. The lowest BCUT2D eigenvalue weighted by Gasteiger charge is -2.04. The Kier molecular flexibility index (Phi) is 2.73. The van der Waals surface area contributed by atoms with Crippen molar-refractivity contribution >= 4 is 0 Å². The first-order valence-corrected chi connectivity index (χ1v) is 3.51. The first kappa shape index (κ1) is 8.89. The van der Waals surface area contributed by atoms with Crippen LogP contribution in [-0.2, 0) is 0 Å². The quantitative estimate of drug-likeness (QED) is 0.640. The molecule has 4 nitrogen and oxygen atoms in total. The molecule has 0 aromatic heterocycles. The van der Waals surface area contributed by atoms with Crippen LogP contribution in [0.4, 0.5) is 0 Å². The van der Waals surface area contributed by atoms with Crippen molar-refractivity contribution in [2.75, 3.05) is 0 Å². The van der Waals surface area contributed by atoms with Gasteiger partial charge in [-0.25, -0.2) is 0 Å². The highest BCUT2D eigenvalue weighted by atomic mass is 16.5. The number of rotatable bonds is 2. The summed E-state index contributed by atoms with van der Waals surface area (Å²) < 4.78 is 9.25. The zero-order valence-electron chi connectivity index (χ0n) is 6.94. The lowest BCUT2D eigenvalue weighted by atomic mass is 10.2. The van der Waals surface area contributed by atoms with E-state index in [1.807, 2.05) is 0 Å². The number of ether oxygens (including phenoxy) is 2. The van der Waals surface area contributed by atoms with Gasteiger partial charge >= 0.3 is 0 Å². The Labute approximate surface area is 75.5 Å². The molecule has 0 heterocycles. The van der Waals surface area contributed by atoms with E-state index in [2.05, 4.69) is 9.47 Å². The zero-order chi connectivity index (χ0) is 9.68. The molecular weight excluding hydrogens is 168 g/mol. The van der Waals surface area contributed by atoms with Gasteiger partial charge in [0.1, 0.15) is 0 Å². The monoisotopic (exact) mass is 174 g/mol. The van der Waals surface area contributed by atoms with Crippen molar-refractivity contribution in [3.8, 4) is 24.0 Å². The molecule has 13 heavy (non-hydrogen) atoms. The number of para-hydroxylation sites is 1. The molecule has 1 aromatic carbocycles. The first-order chi connectivity index (χ1) is 6.29. The standard InChI is InChI=1S/C9H6N2O2/c1-7-3-2-4-8(12-5-10)9(7)13-6-11/h2-4H,1H3.